The molecule has 0 atom stereocenters. The Morgan fingerprint density at radius 3 is 2.44 bits per heavy atom. The van der Waals surface area contributed by atoms with Crippen molar-refractivity contribution in [1.82, 2.24) is 10.0 Å². The fourth-order valence-electron chi connectivity index (χ4n) is 2.14. The zero-order chi connectivity index (χ0) is 20.0. The lowest BCUT2D eigenvalue weighted by molar-refractivity contribution is -0.384. The summed E-state index contributed by atoms with van der Waals surface area (Å²) in [4.78, 5) is 22.1. The van der Waals surface area contributed by atoms with Gasteiger partial charge in [0.15, 0.2) is 0 Å². The second kappa shape index (κ2) is 8.56. The van der Waals surface area contributed by atoms with E-state index in [1.807, 2.05) is 0 Å². The summed E-state index contributed by atoms with van der Waals surface area (Å²) in [6.07, 6.45) is 0. The Labute approximate surface area is 154 Å². The van der Waals surface area contributed by atoms with Crippen molar-refractivity contribution >= 4 is 27.3 Å². The number of hydrogen-bond donors (Lipinski definition) is 3. The van der Waals surface area contributed by atoms with E-state index >= 15 is 0 Å². The third kappa shape index (κ3) is 5.46. The first-order chi connectivity index (χ1) is 12.7. The van der Waals surface area contributed by atoms with E-state index < -0.39 is 26.5 Å². The molecular formula is C16H17FN4O5S. The van der Waals surface area contributed by atoms with Crippen molar-refractivity contribution in [2.75, 3.05) is 18.9 Å². The van der Waals surface area contributed by atoms with Crippen LogP contribution >= 0.6 is 0 Å². The van der Waals surface area contributed by atoms with E-state index in [1.54, 1.807) is 0 Å². The monoisotopic (exact) mass is 396 g/mol. The molecule has 144 valence electrons. The van der Waals surface area contributed by atoms with Crippen LogP contribution in [0.5, 0.6) is 0 Å². The maximum Gasteiger partial charge on any atom is 0.293 e. The molecule has 3 N–H and O–H groups in total. The number of amides is 1. The predicted octanol–water partition coefficient (Wildman–Crippen LogP) is 1.37. The Kier molecular flexibility index (Phi) is 6.42. The molecule has 0 saturated heterocycles. The smallest absolute Gasteiger partial charge is 0.293 e. The van der Waals surface area contributed by atoms with E-state index in [0.29, 0.717) is 5.56 Å². The zero-order valence-corrected chi connectivity index (χ0v) is 15.0. The van der Waals surface area contributed by atoms with Crippen LogP contribution in [0.15, 0.2) is 47.4 Å². The topological polar surface area (TPSA) is 130 Å². The minimum atomic E-state index is -3.83. The number of rotatable bonds is 8. The van der Waals surface area contributed by atoms with E-state index in [0.717, 1.165) is 6.07 Å². The van der Waals surface area contributed by atoms with Crippen LogP contribution in [-0.2, 0) is 21.4 Å². The van der Waals surface area contributed by atoms with E-state index in [2.05, 4.69) is 15.4 Å². The van der Waals surface area contributed by atoms with Gasteiger partial charge < -0.3 is 10.6 Å². The van der Waals surface area contributed by atoms with Gasteiger partial charge in [-0.1, -0.05) is 12.1 Å². The number of halogens is 1. The van der Waals surface area contributed by atoms with Crippen LogP contribution in [0.2, 0.25) is 0 Å². The van der Waals surface area contributed by atoms with Crippen molar-refractivity contribution in [3.8, 4) is 0 Å². The molecule has 2 aromatic carbocycles. The Hall–Kier alpha value is -3.05. The molecule has 0 heterocycles. The van der Waals surface area contributed by atoms with Crippen LogP contribution in [0.25, 0.3) is 0 Å². The summed E-state index contributed by atoms with van der Waals surface area (Å²) in [5, 5.41) is 16.4. The fraction of sp³-hybridized carbons (Fsp3) is 0.188. The molecule has 11 heteroatoms. The molecule has 1 amide bonds. The molecule has 0 bridgehead atoms. The lowest BCUT2D eigenvalue weighted by atomic mass is 10.2. The van der Waals surface area contributed by atoms with Gasteiger partial charge in [-0.2, -0.15) is 0 Å². The molecule has 0 aliphatic rings. The minimum Gasteiger partial charge on any atom is -0.371 e. The number of benzene rings is 2. The lowest BCUT2D eigenvalue weighted by Crippen LogP contribution is -2.29. The van der Waals surface area contributed by atoms with Crippen molar-refractivity contribution < 1.29 is 22.5 Å². The summed E-state index contributed by atoms with van der Waals surface area (Å²) in [5.41, 5.74) is 0.224. The van der Waals surface area contributed by atoms with Crippen molar-refractivity contribution in [1.29, 1.82) is 0 Å². The van der Waals surface area contributed by atoms with Gasteiger partial charge in [0.1, 0.15) is 11.5 Å². The van der Waals surface area contributed by atoms with Crippen molar-refractivity contribution in [2.24, 2.45) is 0 Å². The molecule has 0 aromatic heterocycles. The molecule has 9 nitrogen and oxygen atoms in total. The van der Waals surface area contributed by atoms with Gasteiger partial charge in [-0.05, 0) is 36.9 Å². The van der Waals surface area contributed by atoms with Crippen molar-refractivity contribution in [3.63, 3.8) is 0 Å². The first-order valence-corrected chi connectivity index (χ1v) is 9.18. The standard InChI is InChI=1S/C16H17FN4O5S/c1-18-27(25,26)13-6-7-14(15(8-13)21(23)24)19-10-16(22)20-9-11-2-4-12(17)5-3-11/h2-8,18-19H,9-10H2,1H3,(H,20,22). The van der Waals surface area contributed by atoms with Crippen LogP contribution in [-0.4, -0.2) is 32.8 Å². The maximum absolute atomic E-state index is 12.8. The average Bonchev–Trinajstić information content (AvgIpc) is 2.65. The lowest BCUT2D eigenvalue weighted by Gasteiger charge is -2.10. The number of sulfonamides is 1. The Morgan fingerprint density at radius 1 is 1.19 bits per heavy atom. The van der Waals surface area contributed by atoms with E-state index in [4.69, 9.17) is 0 Å². The largest absolute Gasteiger partial charge is 0.371 e. The quantitative estimate of drug-likeness (QED) is 0.456. The summed E-state index contributed by atoms with van der Waals surface area (Å²) in [6.45, 7) is -0.0948. The molecule has 0 aliphatic heterocycles. The first-order valence-electron chi connectivity index (χ1n) is 7.70. The van der Waals surface area contributed by atoms with Gasteiger partial charge in [0.2, 0.25) is 15.9 Å². The normalized spacial score (nSPS) is 11.0. The number of nitro groups is 1. The molecule has 0 saturated carbocycles. The molecule has 0 spiro atoms. The van der Waals surface area contributed by atoms with Crippen molar-refractivity contribution in [3.05, 3.63) is 64.0 Å². The van der Waals surface area contributed by atoms with Gasteiger partial charge in [-0.3, -0.25) is 14.9 Å². The number of nitro benzene ring substituents is 1. The van der Waals surface area contributed by atoms with Crippen LogP contribution < -0.4 is 15.4 Å². The number of carbonyl (C=O) groups excluding carboxylic acids is 1. The highest BCUT2D eigenvalue weighted by atomic mass is 32.2. The van der Waals surface area contributed by atoms with Crippen LogP contribution in [0.1, 0.15) is 5.56 Å². The second-order valence-electron chi connectivity index (χ2n) is 5.40. The number of nitrogens with zero attached hydrogens (tertiary/aromatic N) is 1. The minimum absolute atomic E-state index is 0.00647. The summed E-state index contributed by atoms with van der Waals surface area (Å²) >= 11 is 0. The van der Waals surface area contributed by atoms with E-state index in [-0.39, 0.29) is 29.5 Å². The first kappa shape index (κ1) is 20.3. The maximum atomic E-state index is 12.8. The molecule has 27 heavy (non-hydrogen) atoms. The third-order valence-corrected chi connectivity index (χ3v) is 5.00. The predicted molar refractivity (Wildman–Crippen MR) is 96.1 cm³/mol. The van der Waals surface area contributed by atoms with E-state index in [1.165, 1.54) is 43.4 Å². The molecule has 2 rings (SSSR count). The molecule has 0 fully saturated rings. The van der Waals surface area contributed by atoms with Gasteiger partial charge in [0.05, 0.1) is 16.4 Å². The van der Waals surface area contributed by atoms with Crippen LogP contribution in [0.4, 0.5) is 15.8 Å². The third-order valence-electron chi connectivity index (χ3n) is 3.59. The number of carbonyl (C=O) groups is 1. The Balaban J connectivity index is 2.02. The number of anilines is 1. The van der Waals surface area contributed by atoms with Gasteiger partial charge in [-0.25, -0.2) is 17.5 Å². The SMILES string of the molecule is CNS(=O)(=O)c1ccc(NCC(=O)NCc2ccc(F)cc2)c([N+](=O)[O-])c1. The van der Waals surface area contributed by atoms with Gasteiger partial charge in [0, 0.05) is 12.6 Å². The Bertz CT molecular complexity index is 948. The van der Waals surface area contributed by atoms with Gasteiger partial charge in [-0.15, -0.1) is 0 Å². The molecule has 0 aliphatic carbocycles. The average molecular weight is 396 g/mol. The van der Waals surface area contributed by atoms with Crippen molar-refractivity contribution in [2.45, 2.75) is 11.4 Å². The molecule has 2 aromatic rings. The highest BCUT2D eigenvalue weighted by molar-refractivity contribution is 7.89. The highest BCUT2D eigenvalue weighted by Crippen LogP contribution is 2.27. The highest BCUT2D eigenvalue weighted by Gasteiger charge is 2.20. The molecule has 0 radical (unpaired) electrons. The second-order valence-corrected chi connectivity index (χ2v) is 7.29. The van der Waals surface area contributed by atoms with Gasteiger partial charge >= 0.3 is 0 Å². The fourth-order valence-corrected chi connectivity index (χ4v) is 2.89. The molecule has 0 unspecified atom stereocenters. The molecular weight excluding hydrogens is 379 g/mol. The Morgan fingerprint density at radius 2 is 1.85 bits per heavy atom. The number of nitrogens with one attached hydrogen (secondary N) is 3. The summed E-state index contributed by atoms with van der Waals surface area (Å²) in [7, 11) is -2.64. The summed E-state index contributed by atoms with van der Waals surface area (Å²) < 4.78 is 38.4. The zero-order valence-electron chi connectivity index (χ0n) is 14.2. The van der Waals surface area contributed by atoms with Crippen LogP contribution in [0.3, 0.4) is 0 Å². The summed E-state index contributed by atoms with van der Waals surface area (Å²) in [5.74, 6) is -0.830. The van der Waals surface area contributed by atoms with E-state index in [9.17, 15) is 27.7 Å². The summed E-state index contributed by atoms with van der Waals surface area (Å²) in [6, 6.07) is 8.90. The number of hydrogen-bond acceptors (Lipinski definition) is 6. The van der Waals surface area contributed by atoms with Crippen LogP contribution in [0, 0.1) is 15.9 Å². The van der Waals surface area contributed by atoms with Gasteiger partial charge in [0.25, 0.3) is 5.69 Å².